The summed E-state index contributed by atoms with van der Waals surface area (Å²) in [4.78, 5) is 12.7. The molecule has 39 heavy (non-hydrogen) atoms. The number of thioether (sulfide) groups is 1. The van der Waals surface area contributed by atoms with E-state index in [0.29, 0.717) is 5.56 Å². The average Bonchev–Trinajstić information content (AvgIpc) is 3.29. The standard InChI is InChI=1S/C25H16Cl2F6N4OS/c26-17-7-8-20(27)19(11-17)22(38)34-12-21-35-36-23(37(21)18-6-2-5-16(10-18)25(31,32)33)39-13-14-3-1-4-15(9-14)24(28,29)30/h1-11H,12-13H2,(H,34,38). The van der Waals surface area contributed by atoms with Crippen LogP contribution in [0.4, 0.5) is 26.3 Å². The highest BCUT2D eigenvalue weighted by molar-refractivity contribution is 7.98. The topological polar surface area (TPSA) is 59.8 Å². The largest absolute Gasteiger partial charge is 0.416 e. The zero-order valence-electron chi connectivity index (χ0n) is 19.4. The van der Waals surface area contributed by atoms with Gasteiger partial charge in [0.25, 0.3) is 5.91 Å². The van der Waals surface area contributed by atoms with Crippen LogP contribution in [0.2, 0.25) is 10.0 Å². The summed E-state index contributed by atoms with van der Waals surface area (Å²) in [6.07, 6.45) is -9.16. The van der Waals surface area contributed by atoms with E-state index < -0.39 is 29.4 Å². The molecule has 0 bridgehead atoms. The number of carbonyl (C=O) groups is 1. The Labute approximate surface area is 232 Å². The van der Waals surface area contributed by atoms with Gasteiger partial charge in [-0.05, 0) is 48.0 Å². The molecule has 0 aliphatic rings. The number of alkyl halides is 6. The molecular weight excluding hydrogens is 589 g/mol. The molecule has 1 aromatic heterocycles. The van der Waals surface area contributed by atoms with Gasteiger partial charge in [-0.2, -0.15) is 26.3 Å². The first-order valence-corrected chi connectivity index (χ1v) is 12.7. The van der Waals surface area contributed by atoms with E-state index in [1.54, 1.807) is 0 Å². The lowest BCUT2D eigenvalue weighted by Gasteiger charge is -2.14. The molecule has 14 heteroatoms. The van der Waals surface area contributed by atoms with Gasteiger partial charge in [0.05, 0.1) is 33.9 Å². The summed E-state index contributed by atoms with van der Waals surface area (Å²) in [5.74, 6) is -0.516. The summed E-state index contributed by atoms with van der Waals surface area (Å²) in [5.41, 5.74) is -1.31. The van der Waals surface area contributed by atoms with Crippen LogP contribution in [-0.2, 0) is 24.7 Å². The van der Waals surface area contributed by atoms with Gasteiger partial charge in [-0.15, -0.1) is 10.2 Å². The molecular formula is C25H16Cl2F6N4OS. The zero-order valence-corrected chi connectivity index (χ0v) is 21.8. The maximum atomic E-state index is 13.4. The van der Waals surface area contributed by atoms with E-state index in [4.69, 9.17) is 23.2 Å². The van der Waals surface area contributed by atoms with Gasteiger partial charge in [0.2, 0.25) is 0 Å². The minimum Gasteiger partial charge on any atom is -0.345 e. The highest BCUT2D eigenvalue weighted by atomic mass is 35.5. The number of hydrogen-bond acceptors (Lipinski definition) is 4. The van der Waals surface area contributed by atoms with Crippen LogP contribution in [0.15, 0.2) is 71.9 Å². The lowest BCUT2D eigenvalue weighted by Crippen LogP contribution is -2.25. The zero-order chi connectivity index (χ0) is 28.4. The number of benzene rings is 3. The van der Waals surface area contributed by atoms with Crippen molar-refractivity contribution >= 4 is 40.9 Å². The predicted octanol–water partition coefficient (Wildman–Crippen LogP) is 7.83. The van der Waals surface area contributed by atoms with Crippen LogP contribution in [0, 0.1) is 0 Å². The van der Waals surface area contributed by atoms with Gasteiger partial charge in [-0.25, -0.2) is 0 Å². The lowest BCUT2D eigenvalue weighted by molar-refractivity contribution is -0.138. The predicted molar refractivity (Wildman–Crippen MR) is 135 cm³/mol. The summed E-state index contributed by atoms with van der Waals surface area (Å²) in [6.45, 7) is -0.255. The fourth-order valence-electron chi connectivity index (χ4n) is 3.50. The number of nitrogens with one attached hydrogen (secondary N) is 1. The smallest absolute Gasteiger partial charge is 0.345 e. The molecule has 0 spiro atoms. The summed E-state index contributed by atoms with van der Waals surface area (Å²) in [7, 11) is 0. The Bertz CT molecular complexity index is 1510. The number of nitrogens with zero attached hydrogens (tertiary/aromatic N) is 3. The molecule has 1 amide bonds. The Hall–Kier alpha value is -3.22. The Morgan fingerprint density at radius 2 is 1.54 bits per heavy atom. The van der Waals surface area contributed by atoms with Gasteiger partial charge in [-0.1, -0.05) is 59.2 Å². The second-order valence-electron chi connectivity index (χ2n) is 8.08. The number of rotatable bonds is 7. The van der Waals surface area contributed by atoms with Crippen molar-refractivity contribution < 1.29 is 31.1 Å². The van der Waals surface area contributed by atoms with Gasteiger partial charge in [0, 0.05) is 10.8 Å². The molecule has 0 saturated heterocycles. The molecule has 1 heterocycles. The number of carbonyl (C=O) groups excluding carboxylic acids is 1. The van der Waals surface area contributed by atoms with Crippen molar-refractivity contribution in [2.45, 2.75) is 29.8 Å². The second kappa shape index (κ2) is 11.5. The molecule has 5 nitrogen and oxygen atoms in total. The van der Waals surface area contributed by atoms with Gasteiger partial charge in [0.1, 0.15) is 0 Å². The van der Waals surface area contributed by atoms with E-state index in [9.17, 15) is 31.1 Å². The third-order valence-corrected chi connectivity index (χ3v) is 6.90. The normalized spacial score (nSPS) is 12.0. The van der Waals surface area contributed by atoms with Gasteiger partial charge in [-0.3, -0.25) is 9.36 Å². The Morgan fingerprint density at radius 1 is 0.872 bits per heavy atom. The molecule has 3 aromatic carbocycles. The molecule has 4 aromatic rings. The van der Waals surface area contributed by atoms with Crippen molar-refractivity contribution in [3.8, 4) is 5.69 Å². The Balaban J connectivity index is 1.65. The maximum absolute atomic E-state index is 13.4. The van der Waals surface area contributed by atoms with Crippen LogP contribution in [0.3, 0.4) is 0 Å². The third kappa shape index (κ3) is 7.06. The van der Waals surface area contributed by atoms with E-state index >= 15 is 0 Å². The Morgan fingerprint density at radius 3 is 2.23 bits per heavy atom. The van der Waals surface area contributed by atoms with Gasteiger partial charge >= 0.3 is 12.4 Å². The van der Waals surface area contributed by atoms with E-state index in [1.165, 1.54) is 47.0 Å². The average molecular weight is 605 g/mol. The van der Waals surface area contributed by atoms with Crippen LogP contribution in [0.5, 0.6) is 0 Å². The number of halogens is 8. The molecule has 0 fully saturated rings. The summed E-state index contributed by atoms with van der Waals surface area (Å²) in [6, 6.07) is 13.3. The fourth-order valence-corrected chi connectivity index (χ4v) is 4.79. The van der Waals surface area contributed by atoms with Gasteiger partial charge in [0.15, 0.2) is 11.0 Å². The molecule has 0 aliphatic heterocycles. The van der Waals surface area contributed by atoms with Crippen LogP contribution in [0.1, 0.15) is 32.9 Å². The van der Waals surface area contributed by atoms with Crippen molar-refractivity contribution in [2.75, 3.05) is 0 Å². The first-order valence-electron chi connectivity index (χ1n) is 11.0. The van der Waals surface area contributed by atoms with Crippen molar-refractivity contribution in [2.24, 2.45) is 0 Å². The number of amides is 1. The molecule has 0 atom stereocenters. The first-order chi connectivity index (χ1) is 18.3. The highest BCUT2D eigenvalue weighted by Gasteiger charge is 2.32. The molecule has 0 aliphatic carbocycles. The molecule has 4 rings (SSSR count). The van der Waals surface area contributed by atoms with Crippen LogP contribution in [0.25, 0.3) is 5.69 Å². The maximum Gasteiger partial charge on any atom is 0.416 e. The van der Waals surface area contributed by atoms with Crippen molar-refractivity contribution in [3.63, 3.8) is 0 Å². The summed E-state index contributed by atoms with van der Waals surface area (Å²) < 4.78 is 80.8. The summed E-state index contributed by atoms with van der Waals surface area (Å²) in [5, 5.41) is 11.1. The number of hydrogen-bond donors (Lipinski definition) is 1. The van der Waals surface area contributed by atoms with Crippen molar-refractivity contribution in [1.82, 2.24) is 20.1 Å². The SMILES string of the molecule is O=C(NCc1nnc(SCc2cccc(C(F)(F)F)c2)n1-c1cccc(C(F)(F)F)c1)c1cc(Cl)ccc1Cl. The van der Waals surface area contributed by atoms with Crippen LogP contribution in [-0.4, -0.2) is 20.7 Å². The van der Waals surface area contributed by atoms with Gasteiger partial charge < -0.3 is 5.32 Å². The van der Waals surface area contributed by atoms with Crippen molar-refractivity contribution in [1.29, 1.82) is 0 Å². The number of aromatic nitrogens is 3. The second-order valence-corrected chi connectivity index (χ2v) is 9.86. The quantitative estimate of drug-likeness (QED) is 0.172. The third-order valence-electron chi connectivity index (χ3n) is 5.33. The van der Waals surface area contributed by atoms with E-state index in [-0.39, 0.29) is 44.6 Å². The van der Waals surface area contributed by atoms with E-state index in [2.05, 4.69) is 15.5 Å². The monoisotopic (exact) mass is 604 g/mol. The van der Waals surface area contributed by atoms with Crippen molar-refractivity contribution in [3.05, 3.63) is 105 Å². The molecule has 0 saturated carbocycles. The minimum atomic E-state index is -4.63. The molecule has 204 valence electrons. The first kappa shape index (κ1) is 28.8. The molecule has 1 N–H and O–H groups in total. The highest BCUT2D eigenvalue weighted by Crippen LogP contribution is 2.34. The van der Waals surface area contributed by atoms with E-state index in [1.807, 2.05) is 0 Å². The van der Waals surface area contributed by atoms with Crippen LogP contribution < -0.4 is 5.32 Å². The fraction of sp³-hybridized carbons (Fsp3) is 0.160. The molecule has 0 unspecified atom stereocenters. The summed E-state index contributed by atoms with van der Waals surface area (Å²) >= 11 is 13.0. The minimum absolute atomic E-state index is 0.0193. The Kier molecular flexibility index (Phi) is 8.48. The van der Waals surface area contributed by atoms with E-state index in [0.717, 1.165) is 36.0 Å². The van der Waals surface area contributed by atoms with Crippen LogP contribution >= 0.6 is 35.0 Å². The lowest BCUT2D eigenvalue weighted by atomic mass is 10.1. The molecule has 0 radical (unpaired) electrons.